The van der Waals surface area contributed by atoms with Gasteiger partial charge in [-0.05, 0) is 31.9 Å². The molecular formula is C13H14Cl2N2O. The predicted octanol–water partition coefficient (Wildman–Crippen LogP) is 3.13. The second-order valence-corrected chi connectivity index (χ2v) is 5.38. The first kappa shape index (κ1) is 13.5. The summed E-state index contributed by atoms with van der Waals surface area (Å²) in [6.07, 6.45) is 0.365. The second kappa shape index (κ2) is 4.97. The molecular weight excluding hydrogens is 271 g/mol. The number of benzene rings is 1. The lowest BCUT2D eigenvalue weighted by Crippen LogP contribution is -2.32. The van der Waals surface area contributed by atoms with Gasteiger partial charge < -0.3 is 10.0 Å². The summed E-state index contributed by atoms with van der Waals surface area (Å²) in [5.74, 6) is 0. The van der Waals surface area contributed by atoms with Crippen LogP contribution in [0.25, 0.3) is 0 Å². The molecule has 1 aromatic carbocycles. The standard InChI is InChI=1S/C13H14Cl2N2O/c1-7-5-9(6-16)11(14)12(15)13(7)17-4-3-10(18)8(17)2/h5,8,10,18H,3-4H2,1-2H3/t8-,10-/m0/s1. The van der Waals surface area contributed by atoms with Crippen molar-refractivity contribution in [1.82, 2.24) is 0 Å². The Morgan fingerprint density at radius 3 is 2.61 bits per heavy atom. The summed E-state index contributed by atoms with van der Waals surface area (Å²) in [5.41, 5.74) is 2.11. The zero-order chi connectivity index (χ0) is 13.4. The molecule has 0 aliphatic carbocycles. The Bertz CT molecular complexity index is 525. The summed E-state index contributed by atoms with van der Waals surface area (Å²) >= 11 is 12.4. The van der Waals surface area contributed by atoms with Gasteiger partial charge in [-0.2, -0.15) is 5.26 Å². The van der Waals surface area contributed by atoms with Crippen molar-refractivity contribution in [1.29, 1.82) is 5.26 Å². The molecule has 1 aliphatic heterocycles. The number of hydrogen-bond donors (Lipinski definition) is 1. The summed E-state index contributed by atoms with van der Waals surface area (Å²) in [5, 5.41) is 19.5. The molecule has 1 N–H and O–H groups in total. The maximum atomic E-state index is 9.81. The van der Waals surface area contributed by atoms with E-state index in [1.165, 1.54) is 0 Å². The lowest BCUT2D eigenvalue weighted by molar-refractivity contribution is 0.170. The van der Waals surface area contributed by atoms with Crippen LogP contribution in [0.3, 0.4) is 0 Å². The molecule has 1 saturated heterocycles. The quantitative estimate of drug-likeness (QED) is 0.862. The van der Waals surface area contributed by atoms with Crippen LogP contribution >= 0.6 is 23.2 Å². The lowest BCUT2D eigenvalue weighted by atomic mass is 10.1. The van der Waals surface area contributed by atoms with Gasteiger partial charge in [0.15, 0.2) is 0 Å². The van der Waals surface area contributed by atoms with E-state index in [2.05, 4.69) is 4.90 Å². The summed E-state index contributed by atoms with van der Waals surface area (Å²) < 4.78 is 0. The third kappa shape index (κ3) is 2.05. The van der Waals surface area contributed by atoms with Crippen molar-refractivity contribution in [2.45, 2.75) is 32.4 Å². The first-order valence-electron chi connectivity index (χ1n) is 5.80. The summed E-state index contributed by atoms with van der Waals surface area (Å²) in [6, 6.07) is 3.77. The van der Waals surface area contributed by atoms with E-state index in [1.54, 1.807) is 6.07 Å². The van der Waals surface area contributed by atoms with Crippen molar-refractivity contribution in [3.05, 3.63) is 27.2 Å². The monoisotopic (exact) mass is 284 g/mol. The first-order valence-corrected chi connectivity index (χ1v) is 6.56. The van der Waals surface area contributed by atoms with Crippen molar-refractivity contribution in [2.75, 3.05) is 11.4 Å². The minimum Gasteiger partial charge on any atom is -0.391 e. The number of hydrogen-bond acceptors (Lipinski definition) is 3. The molecule has 18 heavy (non-hydrogen) atoms. The van der Waals surface area contributed by atoms with Crippen molar-refractivity contribution >= 4 is 28.9 Å². The van der Waals surface area contributed by atoms with Crippen LogP contribution in [0.15, 0.2) is 6.07 Å². The molecule has 1 aliphatic rings. The van der Waals surface area contributed by atoms with Crippen LogP contribution in [-0.4, -0.2) is 23.8 Å². The van der Waals surface area contributed by atoms with Gasteiger partial charge in [-0.15, -0.1) is 0 Å². The highest BCUT2D eigenvalue weighted by atomic mass is 35.5. The molecule has 0 bridgehead atoms. The minimum absolute atomic E-state index is 0.00482. The largest absolute Gasteiger partial charge is 0.391 e. The van der Waals surface area contributed by atoms with Crippen LogP contribution in [0, 0.1) is 18.3 Å². The van der Waals surface area contributed by atoms with E-state index in [9.17, 15) is 5.11 Å². The van der Waals surface area contributed by atoms with Gasteiger partial charge in [-0.3, -0.25) is 0 Å². The predicted molar refractivity (Wildman–Crippen MR) is 73.3 cm³/mol. The van der Waals surface area contributed by atoms with Crippen LogP contribution in [0.4, 0.5) is 5.69 Å². The maximum absolute atomic E-state index is 9.81. The number of halogens is 2. The minimum atomic E-state index is -0.352. The van der Waals surface area contributed by atoms with E-state index in [0.29, 0.717) is 17.0 Å². The second-order valence-electron chi connectivity index (χ2n) is 4.62. The highest BCUT2D eigenvalue weighted by molar-refractivity contribution is 6.44. The average Bonchev–Trinajstić information content (AvgIpc) is 2.66. The SMILES string of the molecule is Cc1cc(C#N)c(Cl)c(Cl)c1N1CC[C@H](O)[C@@H]1C. The summed E-state index contributed by atoms with van der Waals surface area (Å²) in [6.45, 7) is 4.60. The Hall–Kier alpha value is -0.950. The van der Waals surface area contributed by atoms with Crippen LogP contribution in [0.5, 0.6) is 0 Å². The Balaban J connectivity index is 2.53. The fraction of sp³-hybridized carbons (Fsp3) is 0.462. The highest BCUT2D eigenvalue weighted by Crippen LogP contribution is 2.40. The zero-order valence-corrected chi connectivity index (χ0v) is 11.8. The Kier molecular flexibility index (Phi) is 3.72. The number of aliphatic hydroxyl groups is 1. The van der Waals surface area contributed by atoms with Gasteiger partial charge in [0.25, 0.3) is 0 Å². The molecule has 0 unspecified atom stereocenters. The van der Waals surface area contributed by atoms with Crippen LogP contribution in [0.2, 0.25) is 10.0 Å². The third-order valence-corrected chi connectivity index (χ3v) is 4.35. The first-order chi connectivity index (χ1) is 8.47. The molecule has 0 spiro atoms. The fourth-order valence-corrected chi connectivity index (χ4v) is 2.96. The van der Waals surface area contributed by atoms with Crippen LogP contribution in [-0.2, 0) is 0 Å². The summed E-state index contributed by atoms with van der Waals surface area (Å²) in [4.78, 5) is 2.05. The zero-order valence-electron chi connectivity index (χ0n) is 10.2. The van der Waals surface area contributed by atoms with Crippen molar-refractivity contribution in [3.63, 3.8) is 0 Å². The van der Waals surface area contributed by atoms with Gasteiger partial charge in [0.05, 0.1) is 33.4 Å². The molecule has 5 heteroatoms. The lowest BCUT2D eigenvalue weighted by Gasteiger charge is -2.28. The average molecular weight is 285 g/mol. The van der Waals surface area contributed by atoms with Gasteiger partial charge >= 0.3 is 0 Å². The summed E-state index contributed by atoms with van der Waals surface area (Å²) in [7, 11) is 0. The van der Waals surface area contributed by atoms with E-state index >= 15 is 0 Å². The Morgan fingerprint density at radius 2 is 2.11 bits per heavy atom. The van der Waals surface area contributed by atoms with E-state index in [1.807, 2.05) is 19.9 Å². The van der Waals surface area contributed by atoms with Crippen LogP contribution < -0.4 is 4.90 Å². The molecule has 96 valence electrons. The third-order valence-electron chi connectivity index (χ3n) is 3.49. The van der Waals surface area contributed by atoms with Crippen molar-refractivity contribution < 1.29 is 5.11 Å². The van der Waals surface area contributed by atoms with Crippen molar-refractivity contribution in [2.24, 2.45) is 0 Å². The number of nitrogens with zero attached hydrogens (tertiary/aromatic N) is 2. The molecule has 2 rings (SSSR count). The molecule has 1 fully saturated rings. The molecule has 1 aromatic rings. The number of anilines is 1. The number of aliphatic hydroxyl groups excluding tert-OH is 1. The maximum Gasteiger partial charge on any atom is 0.101 e. The van der Waals surface area contributed by atoms with E-state index in [0.717, 1.165) is 17.8 Å². The molecule has 3 nitrogen and oxygen atoms in total. The highest BCUT2D eigenvalue weighted by Gasteiger charge is 2.32. The Morgan fingerprint density at radius 1 is 1.44 bits per heavy atom. The molecule has 0 saturated carbocycles. The number of rotatable bonds is 1. The van der Waals surface area contributed by atoms with Crippen LogP contribution in [0.1, 0.15) is 24.5 Å². The smallest absolute Gasteiger partial charge is 0.101 e. The topological polar surface area (TPSA) is 47.3 Å². The fourth-order valence-electron chi connectivity index (χ4n) is 2.42. The Labute approximate surface area is 117 Å². The van der Waals surface area contributed by atoms with Gasteiger partial charge in [-0.1, -0.05) is 23.2 Å². The van der Waals surface area contributed by atoms with E-state index < -0.39 is 0 Å². The normalized spacial score (nSPS) is 23.2. The molecule has 0 radical (unpaired) electrons. The van der Waals surface area contributed by atoms with Gasteiger partial charge in [0.2, 0.25) is 0 Å². The molecule has 0 aromatic heterocycles. The molecule has 1 heterocycles. The van der Waals surface area contributed by atoms with Gasteiger partial charge in [0.1, 0.15) is 6.07 Å². The van der Waals surface area contributed by atoms with Gasteiger partial charge in [0, 0.05) is 6.54 Å². The molecule has 0 amide bonds. The van der Waals surface area contributed by atoms with E-state index in [-0.39, 0.29) is 17.2 Å². The van der Waals surface area contributed by atoms with Crippen molar-refractivity contribution in [3.8, 4) is 6.07 Å². The number of nitriles is 1. The number of aryl methyl sites for hydroxylation is 1. The van der Waals surface area contributed by atoms with E-state index in [4.69, 9.17) is 28.5 Å². The molecule has 2 atom stereocenters. The van der Waals surface area contributed by atoms with Gasteiger partial charge in [-0.25, -0.2) is 0 Å².